The quantitative estimate of drug-likeness (QED) is 0.564. The fraction of sp³-hybridized carbons (Fsp3) is 0.273. The van der Waals surface area contributed by atoms with Gasteiger partial charge in [-0.3, -0.25) is 4.79 Å². The van der Waals surface area contributed by atoms with Gasteiger partial charge in [-0.2, -0.15) is 0 Å². The summed E-state index contributed by atoms with van der Waals surface area (Å²) in [5, 5.41) is 0.458. The molecule has 31 heavy (non-hydrogen) atoms. The average molecular weight is 442 g/mol. The van der Waals surface area contributed by atoms with Gasteiger partial charge < -0.3 is 14.4 Å². The number of likely N-dealkylation sites (tertiary alicyclic amines) is 1. The SMILES string of the molecule is COC(=O)c1cn(S(=O)(=O)c2ccc(OC)c(C(=O)N3CCCC3)c2)c2ccccc12. The van der Waals surface area contributed by atoms with Crippen LogP contribution in [0.5, 0.6) is 5.75 Å². The number of amides is 1. The molecule has 0 saturated carbocycles. The van der Waals surface area contributed by atoms with Crippen molar-refractivity contribution in [2.75, 3.05) is 27.3 Å². The minimum absolute atomic E-state index is 0.0759. The van der Waals surface area contributed by atoms with Crippen molar-refractivity contribution < 1.29 is 27.5 Å². The van der Waals surface area contributed by atoms with Crippen LogP contribution in [0.1, 0.15) is 33.6 Å². The van der Waals surface area contributed by atoms with Crippen LogP contribution < -0.4 is 4.74 Å². The summed E-state index contributed by atoms with van der Waals surface area (Å²) in [7, 11) is -1.43. The number of ether oxygens (including phenoxy) is 2. The van der Waals surface area contributed by atoms with Gasteiger partial charge in [-0.1, -0.05) is 18.2 Å². The van der Waals surface area contributed by atoms with E-state index in [1.165, 1.54) is 38.6 Å². The summed E-state index contributed by atoms with van der Waals surface area (Å²) in [6, 6.07) is 10.9. The molecule has 0 aliphatic carbocycles. The van der Waals surface area contributed by atoms with Crippen molar-refractivity contribution in [1.29, 1.82) is 0 Å². The highest BCUT2D eigenvalue weighted by atomic mass is 32.2. The summed E-state index contributed by atoms with van der Waals surface area (Å²) in [5.41, 5.74) is 0.671. The van der Waals surface area contributed by atoms with E-state index in [1.807, 2.05) is 0 Å². The summed E-state index contributed by atoms with van der Waals surface area (Å²) in [4.78, 5) is 26.8. The van der Waals surface area contributed by atoms with Crippen LogP contribution in [0.25, 0.3) is 10.9 Å². The van der Waals surface area contributed by atoms with Crippen LogP contribution in [-0.2, 0) is 14.8 Å². The lowest BCUT2D eigenvalue weighted by Crippen LogP contribution is -2.28. The first kappa shape index (κ1) is 20.9. The number of aromatic nitrogens is 1. The zero-order chi connectivity index (χ0) is 22.2. The molecule has 1 fully saturated rings. The Balaban J connectivity index is 1.86. The van der Waals surface area contributed by atoms with E-state index < -0.39 is 16.0 Å². The zero-order valence-electron chi connectivity index (χ0n) is 17.2. The molecule has 0 radical (unpaired) electrons. The number of benzene rings is 2. The van der Waals surface area contributed by atoms with Crippen LogP contribution in [0.3, 0.4) is 0 Å². The Morgan fingerprint density at radius 1 is 0.968 bits per heavy atom. The van der Waals surface area contributed by atoms with E-state index in [9.17, 15) is 18.0 Å². The number of methoxy groups -OCH3 is 2. The second-order valence-corrected chi connectivity index (χ2v) is 9.03. The van der Waals surface area contributed by atoms with E-state index in [4.69, 9.17) is 9.47 Å². The van der Waals surface area contributed by atoms with Gasteiger partial charge in [0.1, 0.15) is 5.75 Å². The summed E-state index contributed by atoms with van der Waals surface area (Å²) in [6.45, 7) is 1.26. The largest absolute Gasteiger partial charge is 0.496 e. The maximum absolute atomic E-state index is 13.5. The van der Waals surface area contributed by atoms with Crippen LogP contribution in [0.2, 0.25) is 0 Å². The molecule has 1 saturated heterocycles. The Kier molecular flexibility index (Phi) is 5.45. The number of fused-ring (bicyclic) bond motifs is 1. The van der Waals surface area contributed by atoms with Crippen LogP contribution in [0, 0.1) is 0 Å². The molecule has 0 bridgehead atoms. The number of carbonyl (C=O) groups is 2. The first-order valence-electron chi connectivity index (χ1n) is 9.79. The maximum Gasteiger partial charge on any atom is 0.340 e. The third-order valence-electron chi connectivity index (χ3n) is 5.43. The molecule has 1 aliphatic heterocycles. The van der Waals surface area contributed by atoms with Crippen molar-refractivity contribution in [3.05, 3.63) is 59.8 Å². The summed E-state index contributed by atoms with van der Waals surface area (Å²) >= 11 is 0. The van der Waals surface area contributed by atoms with E-state index in [1.54, 1.807) is 29.2 Å². The molecule has 1 aromatic heterocycles. The van der Waals surface area contributed by atoms with Gasteiger partial charge in [-0.25, -0.2) is 17.2 Å². The Labute approximate surface area is 180 Å². The Morgan fingerprint density at radius 2 is 1.68 bits per heavy atom. The van der Waals surface area contributed by atoms with Crippen LogP contribution in [0.15, 0.2) is 53.6 Å². The van der Waals surface area contributed by atoms with E-state index in [0.29, 0.717) is 29.7 Å². The first-order valence-corrected chi connectivity index (χ1v) is 11.2. The fourth-order valence-electron chi connectivity index (χ4n) is 3.84. The number of carbonyl (C=O) groups excluding carboxylic acids is 2. The first-order chi connectivity index (χ1) is 14.9. The lowest BCUT2D eigenvalue weighted by Gasteiger charge is -2.18. The average Bonchev–Trinajstić information content (AvgIpc) is 3.46. The minimum atomic E-state index is -4.11. The predicted molar refractivity (Wildman–Crippen MR) is 114 cm³/mol. The normalized spacial score (nSPS) is 14.1. The molecule has 1 aliphatic rings. The molecule has 8 nitrogen and oxygen atoms in total. The van der Waals surface area contributed by atoms with Gasteiger partial charge in [0.2, 0.25) is 0 Å². The molecule has 0 spiro atoms. The van der Waals surface area contributed by atoms with Crippen LogP contribution in [0.4, 0.5) is 0 Å². The van der Waals surface area contributed by atoms with Crippen molar-refractivity contribution in [3.8, 4) is 5.75 Å². The summed E-state index contributed by atoms with van der Waals surface area (Å²) in [6.07, 6.45) is 3.08. The molecule has 2 heterocycles. The third-order valence-corrected chi connectivity index (χ3v) is 7.10. The van der Waals surface area contributed by atoms with E-state index in [2.05, 4.69) is 0 Å². The number of rotatable bonds is 5. The van der Waals surface area contributed by atoms with Crippen LogP contribution >= 0.6 is 0 Å². The number of esters is 1. The molecule has 4 rings (SSSR count). The van der Waals surface area contributed by atoms with E-state index >= 15 is 0 Å². The van der Waals surface area contributed by atoms with Gasteiger partial charge in [-0.05, 0) is 37.1 Å². The van der Waals surface area contributed by atoms with Gasteiger partial charge in [0, 0.05) is 24.7 Å². The number of hydrogen-bond donors (Lipinski definition) is 0. The molecule has 2 aromatic carbocycles. The molecule has 0 atom stereocenters. The molecular formula is C22H22N2O6S. The minimum Gasteiger partial charge on any atom is -0.496 e. The molecule has 0 unspecified atom stereocenters. The maximum atomic E-state index is 13.5. The van der Waals surface area contributed by atoms with Crippen molar-refractivity contribution in [2.24, 2.45) is 0 Å². The highest BCUT2D eigenvalue weighted by Gasteiger charge is 2.28. The van der Waals surface area contributed by atoms with Gasteiger partial charge >= 0.3 is 5.97 Å². The summed E-state index contributed by atoms with van der Waals surface area (Å²) in [5.74, 6) is -0.591. The fourth-order valence-corrected chi connectivity index (χ4v) is 5.24. The van der Waals surface area contributed by atoms with Crippen LogP contribution in [-0.4, -0.2) is 56.5 Å². The van der Waals surface area contributed by atoms with Gasteiger partial charge in [0.25, 0.3) is 15.9 Å². The summed E-state index contributed by atoms with van der Waals surface area (Å²) < 4.78 is 38.2. The zero-order valence-corrected chi connectivity index (χ0v) is 18.0. The standard InChI is InChI=1S/C22H22N2O6S/c1-29-20-10-9-15(13-17(20)21(25)23-11-5-6-12-23)31(27,28)24-14-18(22(26)30-2)16-7-3-4-8-19(16)24/h3-4,7-10,13-14H,5-6,11-12H2,1-2H3. The molecule has 3 aromatic rings. The Bertz CT molecular complexity index is 1270. The number of nitrogens with zero attached hydrogens (tertiary/aromatic N) is 2. The molecular weight excluding hydrogens is 420 g/mol. The number of hydrogen-bond acceptors (Lipinski definition) is 6. The number of para-hydroxylation sites is 1. The lowest BCUT2D eigenvalue weighted by atomic mass is 10.1. The predicted octanol–water partition coefficient (Wildman–Crippen LogP) is 2.91. The van der Waals surface area contributed by atoms with Crippen molar-refractivity contribution in [1.82, 2.24) is 8.87 Å². The molecule has 9 heteroatoms. The van der Waals surface area contributed by atoms with Gasteiger partial charge in [-0.15, -0.1) is 0 Å². The molecule has 0 N–H and O–H groups in total. The topological polar surface area (TPSA) is 94.9 Å². The van der Waals surface area contributed by atoms with E-state index in [0.717, 1.165) is 16.8 Å². The molecule has 1 amide bonds. The van der Waals surface area contributed by atoms with E-state index in [-0.39, 0.29) is 21.9 Å². The second-order valence-electron chi connectivity index (χ2n) is 7.21. The Morgan fingerprint density at radius 3 is 2.35 bits per heavy atom. The highest BCUT2D eigenvalue weighted by Crippen LogP contribution is 2.30. The van der Waals surface area contributed by atoms with Crippen molar-refractivity contribution >= 4 is 32.8 Å². The Hall–Kier alpha value is -3.33. The van der Waals surface area contributed by atoms with Crippen molar-refractivity contribution in [3.63, 3.8) is 0 Å². The van der Waals surface area contributed by atoms with Gasteiger partial charge in [0.05, 0.1) is 35.8 Å². The smallest absolute Gasteiger partial charge is 0.340 e. The van der Waals surface area contributed by atoms with Crippen molar-refractivity contribution in [2.45, 2.75) is 17.7 Å². The highest BCUT2D eigenvalue weighted by molar-refractivity contribution is 7.90. The molecule has 162 valence electrons. The third kappa shape index (κ3) is 3.54. The van der Waals surface area contributed by atoms with Gasteiger partial charge in [0.15, 0.2) is 0 Å². The monoisotopic (exact) mass is 442 g/mol. The second kappa shape index (κ2) is 8.07. The lowest BCUT2D eigenvalue weighted by molar-refractivity contribution is 0.0602.